The Morgan fingerprint density at radius 3 is 2.45 bits per heavy atom. The highest BCUT2D eigenvalue weighted by atomic mass is 15.1. The molecule has 0 aromatic rings. The lowest BCUT2D eigenvalue weighted by Crippen LogP contribution is -2.60. The third-order valence-electron chi connectivity index (χ3n) is 2.96. The average Bonchev–Trinajstić information content (AvgIpc) is 2.67. The highest BCUT2D eigenvalue weighted by Crippen LogP contribution is 2.39. The molecular formula is C9H18N2. The van der Waals surface area contributed by atoms with Crippen LogP contribution in [0, 0.1) is 5.92 Å². The van der Waals surface area contributed by atoms with Crippen molar-refractivity contribution in [3.05, 3.63) is 0 Å². The number of rotatable bonds is 3. The second kappa shape index (κ2) is 2.46. The van der Waals surface area contributed by atoms with Gasteiger partial charge in [-0.2, -0.15) is 0 Å². The Bertz CT molecular complexity index is 146. The molecule has 0 radical (unpaired) electrons. The monoisotopic (exact) mass is 154 g/mol. The number of nitrogens with two attached hydrogens (primary N) is 1. The highest BCUT2D eigenvalue weighted by Gasteiger charge is 2.43. The second-order valence-corrected chi connectivity index (χ2v) is 4.42. The Labute approximate surface area is 68.5 Å². The van der Waals surface area contributed by atoms with Gasteiger partial charge in [-0.25, -0.2) is 0 Å². The number of nitrogens with one attached hydrogen (secondary N) is 1. The molecular weight excluding hydrogens is 136 g/mol. The van der Waals surface area contributed by atoms with E-state index in [1.165, 1.54) is 25.7 Å². The molecule has 2 fully saturated rings. The number of hydrogen-bond donors (Lipinski definition) is 2. The molecule has 2 aliphatic rings. The van der Waals surface area contributed by atoms with Gasteiger partial charge in [0.2, 0.25) is 0 Å². The Morgan fingerprint density at radius 1 is 1.45 bits per heavy atom. The molecule has 0 saturated heterocycles. The maximum Gasteiger partial charge on any atom is 0.0311 e. The standard InChI is InChI=1S/C9H18N2/c1-7-4-9(5-7,6-10)11-8-2-3-8/h7-8,11H,2-6,10H2,1H3. The first-order valence-electron chi connectivity index (χ1n) is 4.72. The predicted molar refractivity (Wildman–Crippen MR) is 46.3 cm³/mol. The largest absolute Gasteiger partial charge is 0.329 e. The molecule has 64 valence electrons. The van der Waals surface area contributed by atoms with Gasteiger partial charge in [0.1, 0.15) is 0 Å². The minimum Gasteiger partial charge on any atom is -0.329 e. The van der Waals surface area contributed by atoms with Crippen molar-refractivity contribution in [1.29, 1.82) is 0 Å². The van der Waals surface area contributed by atoms with Gasteiger partial charge < -0.3 is 11.1 Å². The molecule has 11 heavy (non-hydrogen) atoms. The molecule has 2 heteroatoms. The molecule has 2 rings (SSSR count). The normalized spacial score (nSPS) is 43.6. The lowest BCUT2D eigenvalue weighted by Gasteiger charge is -2.47. The highest BCUT2D eigenvalue weighted by molar-refractivity contribution is 5.04. The summed E-state index contributed by atoms with van der Waals surface area (Å²) in [5.41, 5.74) is 6.09. The van der Waals surface area contributed by atoms with Crippen LogP contribution in [0.2, 0.25) is 0 Å². The summed E-state index contributed by atoms with van der Waals surface area (Å²) in [4.78, 5) is 0. The Kier molecular flexibility index (Phi) is 1.69. The van der Waals surface area contributed by atoms with Gasteiger partial charge in [-0.05, 0) is 31.6 Å². The van der Waals surface area contributed by atoms with Crippen LogP contribution < -0.4 is 11.1 Å². The molecule has 0 atom stereocenters. The first-order chi connectivity index (χ1) is 5.24. The van der Waals surface area contributed by atoms with Crippen molar-refractivity contribution < 1.29 is 0 Å². The molecule has 0 aromatic heterocycles. The minimum atomic E-state index is 0.348. The Morgan fingerprint density at radius 2 is 2.09 bits per heavy atom. The molecule has 3 N–H and O–H groups in total. The van der Waals surface area contributed by atoms with Crippen molar-refractivity contribution in [3.63, 3.8) is 0 Å². The van der Waals surface area contributed by atoms with Gasteiger partial charge >= 0.3 is 0 Å². The molecule has 0 aromatic carbocycles. The molecule has 2 nitrogen and oxygen atoms in total. The summed E-state index contributed by atoms with van der Waals surface area (Å²) < 4.78 is 0. The van der Waals surface area contributed by atoms with E-state index in [-0.39, 0.29) is 0 Å². The third kappa shape index (κ3) is 1.42. The first-order valence-corrected chi connectivity index (χ1v) is 4.72. The van der Waals surface area contributed by atoms with Crippen LogP contribution in [0.15, 0.2) is 0 Å². The Hall–Kier alpha value is -0.0800. The topological polar surface area (TPSA) is 38.0 Å². The molecule has 0 unspecified atom stereocenters. The van der Waals surface area contributed by atoms with Crippen molar-refractivity contribution >= 4 is 0 Å². The number of hydrogen-bond acceptors (Lipinski definition) is 2. The quantitative estimate of drug-likeness (QED) is 0.633. The van der Waals surface area contributed by atoms with E-state index < -0.39 is 0 Å². The van der Waals surface area contributed by atoms with E-state index in [0.29, 0.717) is 5.54 Å². The Balaban J connectivity index is 1.85. The van der Waals surface area contributed by atoms with Crippen LogP contribution in [0.4, 0.5) is 0 Å². The smallest absolute Gasteiger partial charge is 0.0311 e. The molecule has 0 aliphatic heterocycles. The molecule has 0 heterocycles. The van der Waals surface area contributed by atoms with Crippen LogP contribution in [0.3, 0.4) is 0 Å². The third-order valence-corrected chi connectivity index (χ3v) is 2.96. The van der Waals surface area contributed by atoms with E-state index in [2.05, 4.69) is 12.2 Å². The van der Waals surface area contributed by atoms with Crippen LogP contribution in [0.25, 0.3) is 0 Å². The van der Waals surface area contributed by atoms with Crippen LogP contribution in [-0.2, 0) is 0 Å². The molecule has 0 amide bonds. The zero-order chi connectivity index (χ0) is 7.90. The molecule has 0 bridgehead atoms. The SMILES string of the molecule is CC1CC(CN)(NC2CC2)C1. The van der Waals surface area contributed by atoms with Gasteiger partial charge in [-0.3, -0.25) is 0 Å². The summed E-state index contributed by atoms with van der Waals surface area (Å²) >= 11 is 0. The minimum absolute atomic E-state index is 0.348. The average molecular weight is 154 g/mol. The van der Waals surface area contributed by atoms with Crippen molar-refractivity contribution in [2.24, 2.45) is 11.7 Å². The maximum atomic E-state index is 5.74. The van der Waals surface area contributed by atoms with Gasteiger partial charge in [0.05, 0.1) is 0 Å². The van der Waals surface area contributed by atoms with Gasteiger partial charge in [0.25, 0.3) is 0 Å². The van der Waals surface area contributed by atoms with E-state index in [1.807, 2.05) is 0 Å². The van der Waals surface area contributed by atoms with Gasteiger partial charge in [0.15, 0.2) is 0 Å². The first kappa shape index (κ1) is 7.56. The van der Waals surface area contributed by atoms with E-state index in [4.69, 9.17) is 5.73 Å². The van der Waals surface area contributed by atoms with Gasteiger partial charge in [-0.15, -0.1) is 0 Å². The van der Waals surface area contributed by atoms with E-state index >= 15 is 0 Å². The van der Waals surface area contributed by atoms with Crippen molar-refractivity contribution in [2.45, 2.75) is 44.2 Å². The van der Waals surface area contributed by atoms with Crippen LogP contribution in [-0.4, -0.2) is 18.1 Å². The van der Waals surface area contributed by atoms with Crippen LogP contribution in [0.1, 0.15) is 32.6 Å². The van der Waals surface area contributed by atoms with Crippen molar-refractivity contribution in [1.82, 2.24) is 5.32 Å². The van der Waals surface area contributed by atoms with Gasteiger partial charge in [0, 0.05) is 18.1 Å². The summed E-state index contributed by atoms with van der Waals surface area (Å²) in [5.74, 6) is 0.893. The molecule has 2 saturated carbocycles. The van der Waals surface area contributed by atoms with Crippen LogP contribution >= 0.6 is 0 Å². The fourth-order valence-electron chi connectivity index (χ4n) is 2.28. The fourth-order valence-corrected chi connectivity index (χ4v) is 2.28. The lowest BCUT2D eigenvalue weighted by molar-refractivity contribution is 0.122. The van der Waals surface area contributed by atoms with Crippen molar-refractivity contribution in [2.75, 3.05) is 6.54 Å². The summed E-state index contributed by atoms with van der Waals surface area (Å²) in [6, 6.07) is 0.811. The summed E-state index contributed by atoms with van der Waals surface area (Å²) in [6.45, 7) is 3.14. The van der Waals surface area contributed by atoms with Crippen LogP contribution in [0.5, 0.6) is 0 Å². The lowest BCUT2D eigenvalue weighted by atomic mass is 9.69. The van der Waals surface area contributed by atoms with E-state index in [0.717, 1.165) is 18.5 Å². The predicted octanol–water partition coefficient (Wildman–Crippen LogP) is 0.866. The molecule has 0 spiro atoms. The zero-order valence-corrected chi connectivity index (χ0v) is 7.27. The molecule has 2 aliphatic carbocycles. The maximum absolute atomic E-state index is 5.74. The van der Waals surface area contributed by atoms with Crippen molar-refractivity contribution in [3.8, 4) is 0 Å². The fraction of sp³-hybridized carbons (Fsp3) is 1.00. The van der Waals surface area contributed by atoms with E-state index in [9.17, 15) is 0 Å². The van der Waals surface area contributed by atoms with E-state index in [1.54, 1.807) is 0 Å². The second-order valence-electron chi connectivity index (χ2n) is 4.42. The van der Waals surface area contributed by atoms with Gasteiger partial charge in [-0.1, -0.05) is 6.92 Å². The summed E-state index contributed by atoms with van der Waals surface area (Å²) in [6.07, 6.45) is 5.33. The zero-order valence-electron chi connectivity index (χ0n) is 7.27. The summed E-state index contributed by atoms with van der Waals surface area (Å²) in [7, 11) is 0. The summed E-state index contributed by atoms with van der Waals surface area (Å²) in [5, 5.41) is 3.66.